The molecule has 0 saturated heterocycles. The summed E-state index contributed by atoms with van der Waals surface area (Å²) in [4.78, 5) is 0. The maximum atomic E-state index is 6.37. The van der Waals surface area contributed by atoms with E-state index in [0.717, 1.165) is 77.3 Å². The Hall–Kier alpha value is -7.04. The van der Waals surface area contributed by atoms with Crippen molar-refractivity contribution in [1.82, 2.24) is 9.13 Å². The summed E-state index contributed by atoms with van der Waals surface area (Å²) in [6.07, 6.45) is 0. The maximum Gasteiger partial charge on any atom is 0.137 e. The average Bonchev–Trinajstić information content (AvgIpc) is 3.93. The number of hydrogen-bond donors (Lipinski definition) is 0. The van der Waals surface area contributed by atoms with Crippen LogP contribution in [0.4, 0.5) is 0 Å². The zero-order chi connectivity index (χ0) is 33.9. The molecule has 0 aliphatic carbocycles. The van der Waals surface area contributed by atoms with Crippen molar-refractivity contribution in [2.45, 2.75) is 0 Å². The summed E-state index contributed by atoms with van der Waals surface area (Å²) >= 11 is 0. The highest BCUT2D eigenvalue weighted by molar-refractivity contribution is 6.19. The van der Waals surface area contributed by atoms with Crippen LogP contribution in [0.25, 0.3) is 110 Å². The second-order valence-electron chi connectivity index (χ2n) is 13.7. The molecule has 8 aromatic carbocycles. The molecule has 0 bridgehead atoms. The second-order valence-corrected chi connectivity index (χ2v) is 13.7. The monoisotopic (exact) mass is 664 g/mol. The number of aromatic nitrogens is 2. The third-order valence-electron chi connectivity index (χ3n) is 10.9. The zero-order valence-corrected chi connectivity index (χ0v) is 27.9. The Morgan fingerprint density at radius 1 is 0.269 bits per heavy atom. The lowest BCUT2D eigenvalue weighted by molar-refractivity contribution is 0.669. The van der Waals surface area contributed by atoms with Crippen molar-refractivity contribution in [3.05, 3.63) is 170 Å². The van der Waals surface area contributed by atoms with Gasteiger partial charge in [-0.15, -0.1) is 0 Å². The number of nitrogens with zero attached hydrogens (tertiary/aromatic N) is 2. The van der Waals surface area contributed by atoms with Gasteiger partial charge < -0.3 is 18.0 Å². The lowest BCUT2D eigenvalue weighted by Gasteiger charge is -2.10. The summed E-state index contributed by atoms with van der Waals surface area (Å²) in [5, 5.41) is 9.38. The highest BCUT2D eigenvalue weighted by Gasteiger charge is 2.20. The molecule has 0 aliphatic heterocycles. The average molecular weight is 665 g/mol. The number of fused-ring (bicyclic) bond motifs is 12. The van der Waals surface area contributed by atoms with Gasteiger partial charge in [-0.05, 0) is 77.9 Å². The summed E-state index contributed by atoms with van der Waals surface area (Å²) in [5.41, 5.74) is 12.8. The van der Waals surface area contributed by atoms with E-state index in [9.17, 15) is 0 Å². The Kier molecular flexibility index (Phi) is 5.47. The fraction of sp³-hybridized carbons (Fsp3) is 0. The Bertz CT molecular complexity index is 3400. The number of rotatable bonds is 3. The minimum absolute atomic E-state index is 0.896. The molecular weight excluding hydrogens is 637 g/mol. The summed E-state index contributed by atoms with van der Waals surface area (Å²) in [5.74, 6) is 0. The molecule has 4 heterocycles. The molecule has 242 valence electrons. The summed E-state index contributed by atoms with van der Waals surface area (Å²) in [6, 6.07) is 60.7. The van der Waals surface area contributed by atoms with Gasteiger partial charge in [0.05, 0.1) is 22.1 Å². The first-order valence-corrected chi connectivity index (χ1v) is 17.7. The van der Waals surface area contributed by atoms with E-state index < -0.39 is 0 Å². The van der Waals surface area contributed by atoms with E-state index in [1.54, 1.807) is 0 Å². The first-order valence-electron chi connectivity index (χ1n) is 17.7. The van der Waals surface area contributed by atoms with Crippen LogP contribution in [0.5, 0.6) is 0 Å². The van der Waals surface area contributed by atoms with E-state index in [1.165, 1.54) is 32.7 Å². The third kappa shape index (κ3) is 3.81. The van der Waals surface area contributed by atoms with Gasteiger partial charge in [-0.1, -0.05) is 91.0 Å². The molecule has 12 rings (SSSR count). The third-order valence-corrected chi connectivity index (χ3v) is 10.9. The first-order chi connectivity index (χ1) is 25.8. The van der Waals surface area contributed by atoms with Gasteiger partial charge in [0.15, 0.2) is 0 Å². The van der Waals surface area contributed by atoms with Crippen molar-refractivity contribution >= 4 is 87.5 Å². The van der Waals surface area contributed by atoms with Crippen molar-refractivity contribution in [2.24, 2.45) is 0 Å². The van der Waals surface area contributed by atoms with Crippen LogP contribution in [0.3, 0.4) is 0 Å². The van der Waals surface area contributed by atoms with Gasteiger partial charge in [0.2, 0.25) is 0 Å². The summed E-state index contributed by atoms with van der Waals surface area (Å²) in [7, 11) is 0. The molecule has 0 unspecified atom stereocenters. The standard InChI is InChI=1S/C48H28N2O2/c1-3-11-31(12-4-1)49-41-22-20-29(23-36(41)38-26-40-35-16-8-10-18-46(35)52-48(40)28-44(38)49)30-19-21-33-37-25-39-34-15-7-9-17-45(34)51-47(39)27-43(37)50(42(33)24-30)32-13-5-2-6-14-32/h1-28H. The van der Waals surface area contributed by atoms with E-state index in [2.05, 4.69) is 155 Å². The zero-order valence-electron chi connectivity index (χ0n) is 27.9. The van der Waals surface area contributed by atoms with Crippen LogP contribution < -0.4 is 0 Å². The fourth-order valence-electron chi connectivity index (χ4n) is 8.54. The largest absolute Gasteiger partial charge is 0.456 e. The van der Waals surface area contributed by atoms with Crippen LogP contribution in [0.15, 0.2) is 179 Å². The maximum absolute atomic E-state index is 6.37. The molecule has 0 fully saturated rings. The molecule has 0 aliphatic rings. The van der Waals surface area contributed by atoms with E-state index >= 15 is 0 Å². The molecule has 52 heavy (non-hydrogen) atoms. The van der Waals surface area contributed by atoms with Gasteiger partial charge in [-0.2, -0.15) is 0 Å². The normalized spacial score (nSPS) is 12.2. The van der Waals surface area contributed by atoms with Gasteiger partial charge in [-0.3, -0.25) is 0 Å². The van der Waals surface area contributed by atoms with Gasteiger partial charge in [0, 0.05) is 66.6 Å². The Labute approximate surface area is 296 Å². The summed E-state index contributed by atoms with van der Waals surface area (Å²) in [6.45, 7) is 0. The minimum Gasteiger partial charge on any atom is -0.456 e. The van der Waals surface area contributed by atoms with Crippen LogP contribution in [-0.2, 0) is 0 Å². The molecule has 0 amide bonds. The Morgan fingerprint density at radius 2 is 0.731 bits per heavy atom. The van der Waals surface area contributed by atoms with Gasteiger partial charge in [-0.25, -0.2) is 0 Å². The van der Waals surface area contributed by atoms with Crippen LogP contribution in [0, 0.1) is 0 Å². The number of benzene rings is 8. The van der Waals surface area contributed by atoms with Crippen molar-refractivity contribution < 1.29 is 8.83 Å². The fourth-order valence-corrected chi connectivity index (χ4v) is 8.54. The van der Waals surface area contributed by atoms with E-state index in [1.807, 2.05) is 24.3 Å². The second kappa shape index (κ2) is 10.3. The van der Waals surface area contributed by atoms with Gasteiger partial charge in [0.25, 0.3) is 0 Å². The quantitative estimate of drug-likeness (QED) is 0.188. The Morgan fingerprint density at radius 3 is 1.35 bits per heavy atom. The van der Waals surface area contributed by atoms with Gasteiger partial charge >= 0.3 is 0 Å². The molecule has 0 N–H and O–H groups in total. The van der Waals surface area contributed by atoms with Crippen LogP contribution >= 0.6 is 0 Å². The molecule has 4 aromatic heterocycles. The molecule has 0 atom stereocenters. The van der Waals surface area contributed by atoms with Gasteiger partial charge in [0.1, 0.15) is 22.3 Å². The number of furan rings is 2. The molecule has 0 saturated carbocycles. The van der Waals surface area contributed by atoms with Crippen molar-refractivity contribution in [2.75, 3.05) is 0 Å². The number of para-hydroxylation sites is 4. The number of hydrogen-bond acceptors (Lipinski definition) is 2. The molecule has 0 spiro atoms. The molecule has 4 nitrogen and oxygen atoms in total. The van der Waals surface area contributed by atoms with Crippen LogP contribution in [0.1, 0.15) is 0 Å². The van der Waals surface area contributed by atoms with E-state index in [-0.39, 0.29) is 0 Å². The highest BCUT2D eigenvalue weighted by Crippen LogP contribution is 2.42. The molecular formula is C48H28N2O2. The molecule has 0 radical (unpaired) electrons. The molecule has 4 heteroatoms. The van der Waals surface area contributed by atoms with Crippen molar-refractivity contribution in [3.63, 3.8) is 0 Å². The van der Waals surface area contributed by atoms with E-state index in [4.69, 9.17) is 8.83 Å². The molecule has 12 aromatic rings. The van der Waals surface area contributed by atoms with Crippen LogP contribution in [-0.4, -0.2) is 9.13 Å². The predicted molar refractivity (Wildman–Crippen MR) is 215 cm³/mol. The lowest BCUT2D eigenvalue weighted by atomic mass is 10.0. The van der Waals surface area contributed by atoms with Crippen molar-refractivity contribution in [3.8, 4) is 22.5 Å². The van der Waals surface area contributed by atoms with Crippen LogP contribution in [0.2, 0.25) is 0 Å². The highest BCUT2D eigenvalue weighted by atomic mass is 16.3. The first kappa shape index (κ1) is 27.7. The topological polar surface area (TPSA) is 36.1 Å². The Balaban J connectivity index is 1.13. The minimum atomic E-state index is 0.896. The van der Waals surface area contributed by atoms with Crippen molar-refractivity contribution in [1.29, 1.82) is 0 Å². The van der Waals surface area contributed by atoms with E-state index in [0.29, 0.717) is 0 Å². The summed E-state index contributed by atoms with van der Waals surface area (Å²) < 4.78 is 17.5. The smallest absolute Gasteiger partial charge is 0.137 e. The predicted octanol–water partition coefficient (Wildman–Crippen LogP) is 13.3. The SMILES string of the molecule is c1ccc(-n2c3ccc(-c4ccc5c6cc7c(cc6n(-c6ccccc6)c5c4)oc4ccccc47)cc3c3cc4c(cc32)oc2ccccc24)cc1. The lowest BCUT2D eigenvalue weighted by Crippen LogP contribution is -1.93.